The summed E-state index contributed by atoms with van der Waals surface area (Å²) in [5.74, 6) is -0.0822. The van der Waals surface area contributed by atoms with Crippen molar-refractivity contribution in [2.75, 3.05) is 6.54 Å². The summed E-state index contributed by atoms with van der Waals surface area (Å²) in [7, 11) is 0. The Bertz CT molecular complexity index is 418. The lowest BCUT2D eigenvalue weighted by atomic mass is 10.2. The van der Waals surface area contributed by atoms with Crippen molar-refractivity contribution >= 4 is 12.0 Å². The van der Waals surface area contributed by atoms with Crippen LogP contribution >= 0.6 is 0 Å². The van der Waals surface area contributed by atoms with Gasteiger partial charge in [-0.1, -0.05) is 6.08 Å². The quantitative estimate of drug-likeness (QED) is 0.796. The van der Waals surface area contributed by atoms with Crippen LogP contribution < -0.4 is 5.32 Å². The second kappa shape index (κ2) is 5.55. The summed E-state index contributed by atoms with van der Waals surface area (Å²) < 4.78 is 0. The Hall–Kier alpha value is -2.15. The summed E-state index contributed by atoms with van der Waals surface area (Å²) in [5.41, 5.74) is 1.14. The molecular weight excluding hydrogens is 190 g/mol. The zero-order valence-electron chi connectivity index (χ0n) is 8.40. The minimum absolute atomic E-state index is 0.0822. The van der Waals surface area contributed by atoms with E-state index in [0.717, 1.165) is 0 Å². The first-order valence-electron chi connectivity index (χ1n) is 4.50. The smallest absolute Gasteiger partial charge is 0.217 e. The average Bonchev–Trinajstić information content (AvgIpc) is 2.24. The van der Waals surface area contributed by atoms with Gasteiger partial charge in [0.2, 0.25) is 5.91 Å². The van der Waals surface area contributed by atoms with E-state index >= 15 is 0 Å². The van der Waals surface area contributed by atoms with Crippen LogP contribution in [0.3, 0.4) is 0 Å². The van der Waals surface area contributed by atoms with Gasteiger partial charge in [-0.3, -0.25) is 9.78 Å². The number of amides is 1. The second-order valence-corrected chi connectivity index (χ2v) is 2.89. The van der Waals surface area contributed by atoms with E-state index in [2.05, 4.69) is 10.3 Å². The molecule has 1 aromatic rings. The van der Waals surface area contributed by atoms with E-state index in [1.54, 1.807) is 30.5 Å². The highest BCUT2D eigenvalue weighted by Crippen LogP contribution is 2.04. The van der Waals surface area contributed by atoms with Gasteiger partial charge in [0.15, 0.2) is 0 Å². The normalized spacial score (nSPS) is 9.87. The third-order valence-electron chi connectivity index (χ3n) is 1.70. The Morgan fingerprint density at radius 2 is 2.53 bits per heavy atom. The van der Waals surface area contributed by atoms with E-state index in [1.807, 2.05) is 6.07 Å². The topological polar surface area (TPSA) is 65.8 Å². The first-order chi connectivity index (χ1) is 7.24. The van der Waals surface area contributed by atoms with Gasteiger partial charge >= 0.3 is 0 Å². The highest BCUT2D eigenvalue weighted by atomic mass is 16.1. The van der Waals surface area contributed by atoms with Gasteiger partial charge in [0.05, 0.1) is 11.3 Å². The number of nitrogens with one attached hydrogen (secondary N) is 1. The monoisotopic (exact) mass is 201 g/mol. The van der Waals surface area contributed by atoms with Gasteiger partial charge in [0.25, 0.3) is 0 Å². The lowest BCUT2D eigenvalue weighted by molar-refractivity contribution is -0.118. The third-order valence-corrected chi connectivity index (χ3v) is 1.70. The summed E-state index contributed by atoms with van der Waals surface area (Å²) in [5, 5.41) is 11.4. The van der Waals surface area contributed by atoms with Crippen molar-refractivity contribution in [3.63, 3.8) is 0 Å². The summed E-state index contributed by atoms with van der Waals surface area (Å²) >= 11 is 0. The van der Waals surface area contributed by atoms with Crippen LogP contribution in [0.1, 0.15) is 18.2 Å². The molecule has 4 nitrogen and oxygen atoms in total. The van der Waals surface area contributed by atoms with Crippen LogP contribution in [0, 0.1) is 11.3 Å². The maximum absolute atomic E-state index is 10.6. The minimum Gasteiger partial charge on any atom is -0.353 e. The molecule has 0 atom stereocenters. The molecule has 1 heterocycles. The van der Waals surface area contributed by atoms with Crippen LogP contribution in [0.25, 0.3) is 6.08 Å². The fourth-order valence-electron chi connectivity index (χ4n) is 1.02. The molecule has 0 aliphatic heterocycles. The van der Waals surface area contributed by atoms with Gasteiger partial charge < -0.3 is 5.32 Å². The van der Waals surface area contributed by atoms with Gasteiger partial charge in [-0.15, -0.1) is 0 Å². The molecule has 1 rings (SSSR count). The number of nitriles is 1. The molecule has 0 bridgehead atoms. The molecule has 0 saturated carbocycles. The van der Waals surface area contributed by atoms with E-state index in [1.165, 1.54) is 6.92 Å². The number of aromatic nitrogens is 1. The molecule has 76 valence electrons. The molecule has 0 aliphatic carbocycles. The van der Waals surface area contributed by atoms with Crippen LogP contribution in [-0.4, -0.2) is 17.4 Å². The van der Waals surface area contributed by atoms with Crippen LogP contribution in [0.15, 0.2) is 24.4 Å². The van der Waals surface area contributed by atoms with Gasteiger partial charge in [-0.2, -0.15) is 5.26 Å². The van der Waals surface area contributed by atoms with Crippen molar-refractivity contribution in [1.82, 2.24) is 10.3 Å². The molecule has 0 aliphatic rings. The summed E-state index contributed by atoms with van der Waals surface area (Å²) in [4.78, 5) is 14.6. The molecule has 1 N–H and O–H groups in total. The molecule has 4 heteroatoms. The highest BCUT2D eigenvalue weighted by molar-refractivity contribution is 5.73. The molecule has 1 aromatic heterocycles. The van der Waals surface area contributed by atoms with E-state index in [-0.39, 0.29) is 5.91 Å². The van der Waals surface area contributed by atoms with Gasteiger partial charge in [0, 0.05) is 19.7 Å². The van der Waals surface area contributed by atoms with Crippen molar-refractivity contribution in [3.05, 3.63) is 35.7 Å². The van der Waals surface area contributed by atoms with E-state index in [0.29, 0.717) is 17.8 Å². The molecule has 1 amide bonds. The minimum atomic E-state index is -0.0822. The Morgan fingerprint density at radius 3 is 3.20 bits per heavy atom. The number of carbonyl (C=O) groups is 1. The van der Waals surface area contributed by atoms with Crippen molar-refractivity contribution in [1.29, 1.82) is 5.26 Å². The predicted molar refractivity (Wildman–Crippen MR) is 56.7 cm³/mol. The molecule has 0 spiro atoms. The number of pyridine rings is 1. The standard InChI is InChI=1S/C11H11N3O/c1-9(15)13-6-3-5-11-10(8-12)4-2-7-14-11/h2-5,7H,6H2,1H3,(H,13,15). The number of nitrogens with zero attached hydrogens (tertiary/aromatic N) is 2. The summed E-state index contributed by atoms with van der Waals surface area (Å²) in [6.45, 7) is 1.89. The highest BCUT2D eigenvalue weighted by Gasteiger charge is 1.96. The molecule has 0 unspecified atom stereocenters. The first-order valence-corrected chi connectivity index (χ1v) is 4.50. The number of hydrogen-bond acceptors (Lipinski definition) is 3. The third kappa shape index (κ3) is 3.61. The van der Waals surface area contributed by atoms with E-state index in [9.17, 15) is 4.79 Å². The summed E-state index contributed by atoms with van der Waals surface area (Å²) in [6.07, 6.45) is 5.10. The maximum Gasteiger partial charge on any atom is 0.217 e. The van der Waals surface area contributed by atoms with Crippen molar-refractivity contribution in [2.24, 2.45) is 0 Å². The SMILES string of the molecule is CC(=O)NCC=Cc1ncccc1C#N. The second-order valence-electron chi connectivity index (χ2n) is 2.89. The van der Waals surface area contributed by atoms with Crippen LogP contribution in [0.4, 0.5) is 0 Å². The first kappa shape index (κ1) is 10.9. The lowest BCUT2D eigenvalue weighted by Gasteiger charge is -1.96. The Morgan fingerprint density at radius 1 is 1.73 bits per heavy atom. The van der Waals surface area contributed by atoms with Crippen LogP contribution in [0.2, 0.25) is 0 Å². The fraction of sp³-hybridized carbons (Fsp3) is 0.182. The van der Waals surface area contributed by atoms with Crippen molar-refractivity contribution in [3.8, 4) is 6.07 Å². The summed E-state index contributed by atoms with van der Waals surface area (Å²) in [6, 6.07) is 5.46. The van der Waals surface area contributed by atoms with E-state index < -0.39 is 0 Å². The maximum atomic E-state index is 10.6. The largest absolute Gasteiger partial charge is 0.353 e. The van der Waals surface area contributed by atoms with Gasteiger partial charge in [-0.25, -0.2) is 0 Å². The zero-order chi connectivity index (χ0) is 11.1. The predicted octanol–water partition coefficient (Wildman–Crippen LogP) is 1.10. The van der Waals surface area contributed by atoms with Crippen molar-refractivity contribution < 1.29 is 4.79 Å². The van der Waals surface area contributed by atoms with E-state index in [4.69, 9.17) is 5.26 Å². The van der Waals surface area contributed by atoms with Gasteiger partial charge in [0.1, 0.15) is 6.07 Å². The number of carbonyl (C=O) groups excluding carboxylic acids is 1. The zero-order valence-corrected chi connectivity index (χ0v) is 8.40. The Kier molecular flexibility index (Phi) is 4.05. The lowest BCUT2D eigenvalue weighted by Crippen LogP contribution is -2.19. The average molecular weight is 201 g/mol. The Labute approximate surface area is 88.3 Å². The molecule has 15 heavy (non-hydrogen) atoms. The molecule has 0 radical (unpaired) electrons. The molecule has 0 aromatic carbocycles. The van der Waals surface area contributed by atoms with Gasteiger partial charge in [-0.05, 0) is 18.2 Å². The fourth-order valence-corrected chi connectivity index (χ4v) is 1.02. The van der Waals surface area contributed by atoms with Crippen LogP contribution in [0.5, 0.6) is 0 Å². The van der Waals surface area contributed by atoms with Crippen molar-refractivity contribution in [2.45, 2.75) is 6.92 Å². The Balaban J connectivity index is 2.64. The molecule has 0 fully saturated rings. The molecular formula is C11H11N3O. The van der Waals surface area contributed by atoms with Crippen LogP contribution in [-0.2, 0) is 4.79 Å². The number of hydrogen-bond donors (Lipinski definition) is 1. The number of rotatable bonds is 3. The molecule has 0 saturated heterocycles.